The fourth-order valence-electron chi connectivity index (χ4n) is 3.12. The molecule has 6 nitrogen and oxygen atoms in total. The van der Waals surface area contributed by atoms with Crippen molar-refractivity contribution in [1.29, 1.82) is 0 Å². The van der Waals surface area contributed by atoms with Crippen molar-refractivity contribution in [2.45, 2.75) is 39.2 Å². The zero-order chi connectivity index (χ0) is 21.0. The minimum absolute atomic E-state index is 0.0258. The molecular formula is C23H29N5O. The number of anilines is 1. The van der Waals surface area contributed by atoms with Crippen LogP contribution >= 0.6 is 0 Å². The summed E-state index contributed by atoms with van der Waals surface area (Å²) in [6, 6.07) is 16.3. The topological polar surface area (TPSA) is 63.1 Å². The lowest BCUT2D eigenvalue weighted by Gasteiger charge is -2.25. The molecule has 0 unspecified atom stereocenters. The Morgan fingerprint density at radius 1 is 1.10 bits per heavy atom. The van der Waals surface area contributed by atoms with Gasteiger partial charge in [-0.1, -0.05) is 45.0 Å². The summed E-state index contributed by atoms with van der Waals surface area (Å²) in [5.41, 5.74) is 4.26. The number of likely N-dealkylation sites (N-methyl/N-ethyl adjacent to an activating group) is 1. The first-order valence-corrected chi connectivity index (χ1v) is 9.79. The van der Waals surface area contributed by atoms with E-state index in [1.165, 1.54) is 11.9 Å². The van der Waals surface area contributed by atoms with Crippen molar-refractivity contribution in [3.8, 4) is 5.69 Å². The molecule has 6 heteroatoms. The monoisotopic (exact) mass is 391 g/mol. The van der Waals surface area contributed by atoms with Gasteiger partial charge in [-0.3, -0.25) is 9.69 Å². The predicted molar refractivity (Wildman–Crippen MR) is 116 cm³/mol. The highest BCUT2D eigenvalue weighted by Gasteiger charge is 2.16. The van der Waals surface area contributed by atoms with E-state index in [1.54, 1.807) is 11.0 Å². The highest BCUT2D eigenvalue weighted by molar-refractivity contribution is 5.92. The molecule has 29 heavy (non-hydrogen) atoms. The van der Waals surface area contributed by atoms with Crippen LogP contribution in [-0.4, -0.2) is 39.2 Å². The molecule has 1 amide bonds. The summed E-state index contributed by atoms with van der Waals surface area (Å²) in [6.45, 7) is 8.93. The van der Waals surface area contributed by atoms with Crippen LogP contribution in [0.5, 0.6) is 0 Å². The molecule has 0 bridgehead atoms. The quantitative estimate of drug-likeness (QED) is 0.684. The summed E-state index contributed by atoms with van der Waals surface area (Å²) in [5.74, 6) is -0.0258. The molecule has 0 radical (unpaired) electrons. The van der Waals surface area contributed by atoms with Crippen LogP contribution in [0.15, 0.2) is 61.2 Å². The Kier molecular flexibility index (Phi) is 6.13. The molecule has 0 aliphatic carbocycles. The molecule has 3 aromatic rings. The van der Waals surface area contributed by atoms with Crippen molar-refractivity contribution in [2.24, 2.45) is 0 Å². The predicted octanol–water partition coefficient (Wildman–Crippen LogP) is 4.20. The second-order valence-corrected chi connectivity index (χ2v) is 8.40. The normalized spacial score (nSPS) is 12.8. The van der Waals surface area contributed by atoms with E-state index in [2.05, 4.69) is 67.4 Å². The number of carbonyl (C=O) groups excluding carboxylic acids is 1. The van der Waals surface area contributed by atoms with Crippen molar-refractivity contribution in [2.75, 3.05) is 18.9 Å². The maximum atomic E-state index is 12.5. The molecule has 0 fully saturated rings. The van der Waals surface area contributed by atoms with Gasteiger partial charge in [-0.05, 0) is 54.8 Å². The van der Waals surface area contributed by atoms with Crippen molar-refractivity contribution in [3.05, 3.63) is 72.3 Å². The van der Waals surface area contributed by atoms with Gasteiger partial charge in [0.15, 0.2) is 0 Å². The number of benzene rings is 2. The van der Waals surface area contributed by atoms with Crippen LogP contribution in [-0.2, 0) is 10.2 Å². The number of nitrogens with zero attached hydrogens (tertiary/aromatic N) is 4. The highest BCUT2D eigenvalue weighted by atomic mass is 16.2. The van der Waals surface area contributed by atoms with Crippen LogP contribution in [0.4, 0.5) is 5.69 Å². The first-order valence-electron chi connectivity index (χ1n) is 9.79. The lowest BCUT2D eigenvalue weighted by Crippen LogP contribution is -2.32. The maximum absolute atomic E-state index is 12.5. The van der Waals surface area contributed by atoms with Gasteiger partial charge in [0, 0.05) is 11.7 Å². The van der Waals surface area contributed by atoms with E-state index in [-0.39, 0.29) is 17.4 Å². The molecule has 0 aliphatic rings. The van der Waals surface area contributed by atoms with Crippen molar-refractivity contribution in [3.63, 3.8) is 0 Å². The smallest absolute Gasteiger partial charge is 0.238 e. The van der Waals surface area contributed by atoms with Crippen molar-refractivity contribution < 1.29 is 4.79 Å². The minimum Gasteiger partial charge on any atom is -0.325 e. The molecule has 0 saturated heterocycles. The van der Waals surface area contributed by atoms with E-state index in [0.29, 0.717) is 6.54 Å². The van der Waals surface area contributed by atoms with E-state index in [9.17, 15) is 4.79 Å². The Balaban J connectivity index is 1.57. The molecular weight excluding hydrogens is 362 g/mol. The minimum atomic E-state index is -0.0258. The van der Waals surface area contributed by atoms with Crippen LogP contribution in [0.1, 0.15) is 44.9 Å². The van der Waals surface area contributed by atoms with Gasteiger partial charge in [0.05, 0.1) is 12.2 Å². The second kappa shape index (κ2) is 8.57. The Morgan fingerprint density at radius 3 is 2.31 bits per heavy atom. The van der Waals surface area contributed by atoms with Gasteiger partial charge in [0.2, 0.25) is 5.91 Å². The number of amides is 1. The number of hydrogen-bond donors (Lipinski definition) is 1. The first kappa shape index (κ1) is 20.7. The van der Waals surface area contributed by atoms with Gasteiger partial charge < -0.3 is 5.32 Å². The van der Waals surface area contributed by atoms with Crippen LogP contribution in [0.25, 0.3) is 5.69 Å². The molecule has 1 N–H and O–H groups in total. The van der Waals surface area contributed by atoms with E-state index < -0.39 is 0 Å². The molecule has 0 spiro atoms. The molecule has 1 aromatic heterocycles. The second-order valence-electron chi connectivity index (χ2n) is 8.40. The fourth-order valence-corrected chi connectivity index (χ4v) is 3.12. The summed E-state index contributed by atoms with van der Waals surface area (Å²) >= 11 is 0. The molecule has 2 aromatic carbocycles. The van der Waals surface area contributed by atoms with E-state index >= 15 is 0 Å². The van der Waals surface area contributed by atoms with E-state index in [0.717, 1.165) is 16.9 Å². The third-order valence-corrected chi connectivity index (χ3v) is 5.15. The number of aromatic nitrogens is 3. The number of hydrogen-bond acceptors (Lipinski definition) is 4. The molecule has 1 atom stereocenters. The van der Waals surface area contributed by atoms with Crippen LogP contribution in [0.2, 0.25) is 0 Å². The van der Waals surface area contributed by atoms with Crippen LogP contribution in [0.3, 0.4) is 0 Å². The Labute approximate surface area is 172 Å². The Morgan fingerprint density at radius 2 is 1.76 bits per heavy atom. The van der Waals surface area contributed by atoms with Crippen LogP contribution < -0.4 is 5.32 Å². The molecule has 0 saturated carbocycles. The molecule has 3 rings (SSSR count). The first-order chi connectivity index (χ1) is 13.7. The van der Waals surface area contributed by atoms with Gasteiger partial charge in [-0.15, -0.1) is 0 Å². The standard InChI is InChI=1S/C23H29N5O/c1-17(18-6-12-21(13-7-18)28-16-24-15-25-28)27(5)14-22(29)26-20-10-8-19(9-11-20)23(2,3)4/h6-13,15-17H,14H2,1-5H3,(H,26,29)/t17-/m0/s1. The van der Waals surface area contributed by atoms with E-state index in [1.807, 2.05) is 36.2 Å². The lowest BCUT2D eigenvalue weighted by atomic mass is 9.87. The van der Waals surface area contributed by atoms with Crippen molar-refractivity contribution >= 4 is 11.6 Å². The van der Waals surface area contributed by atoms with E-state index in [4.69, 9.17) is 0 Å². The lowest BCUT2D eigenvalue weighted by molar-refractivity contribution is -0.117. The Hall–Kier alpha value is -2.99. The maximum Gasteiger partial charge on any atom is 0.238 e. The summed E-state index contributed by atoms with van der Waals surface area (Å²) in [7, 11) is 1.96. The summed E-state index contributed by atoms with van der Waals surface area (Å²) in [6.07, 6.45) is 3.18. The average molecular weight is 392 g/mol. The zero-order valence-electron chi connectivity index (χ0n) is 17.8. The molecule has 1 heterocycles. The summed E-state index contributed by atoms with van der Waals surface area (Å²) < 4.78 is 1.72. The van der Waals surface area contributed by atoms with Gasteiger partial charge >= 0.3 is 0 Å². The van der Waals surface area contributed by atoms with Gasteiger partial charge in [-0.25, -0.2) is 9.67 Å². The average Bonchev–Trinajstić information content (AvgIpc) is 3.22. The van der Waals surface area contributed by atoms with Crippen LogP contribution in [0, 0.1) is 0 Å². The summed E-state index contributed by atoms with van der Waals surface area (Å²) in [4.78, 5) is 18.5. The van der Waals surface area contributed by atoms with Gasteiger partial charge in [0.25, 0.3) is 0 Å². The Bertz CT molecular complexity index is 925. The highest BCUT2D eigenvalue weighted by Crippen LogP contribution is 2.24. The van der Waals surface area contributed by atoms with Crippen molar-refractivity contribution in [1.82, 2.24) is 19.7 Å². The third kappa shape index (κ3) is 5.29. The third-order valence-electron chi connectivity index (χ3n) is 5.15. The SMILES string of the molecule is C[C@@H](c1ccc(-n2cncn2)cc1)N(C)CC(=O)Nc1ccc(C(C)(C)C)cc1. The molecule has 0 aliphatic heterocycles. The summed E-state index contributed by atoms with van der Waals surface area (Å²) in [5, 5.41) is 7.12. The van der Waals surface area contributed by atoms with Gasteiger partial charge in [-0.2, -0.15) is 5.10 Å². The van der Waals surface area contributed by atoms with Gasteiger partial charge in [0.1, 0.15) is 12.7 Å². The largest absolute Gasteiger partial charge is 0.325 e. The molecule has 152 valence electrons. The number of carbonyl (C=O) groups is 1. The number of rotatable bonds is 6. The zero-order valence-corrected chi connectivity index (χ0v) is 17.8. The fraction of sp³-hybridized carbons (Fsp3) is 0.348. The number of nitrogens with one attached hydrogen (secondary N) is 1.